The van der Waals surface area contributed by atoms with E-state index >= 15 is 0 Å². The summed E-state index contributed by atoms with van der Waals surface area (Å²) in [6.45, 7) is 1.30. The van der Waals surface area contributed by atoms with Crippen LogP contribution in [0.25, 0.3) is 0 Å². The van der Waals surface area contributed by atoms with Crippen molar-refractivity contribution in [2.24, 2.45) is 0 Å². The van der Waals surface area contributed by atoms with E-state index in [4.69, 9.17) is 22.1 Å². The number of nitrogens with one attached hydrogen (secondary N) is 1. The summed E-state index contributed by atoms with van der Waals surface area (Å²) < 4.78 is 7.23. The number of aliphatic hydroxyl groups is 1. The number of hydrogen-bond acceptors (Lipinski definition) is 4. The Morgan fingerprint density at radius 3 is 3.08 bits per heavy atom. The lowest BCUT2D eigenvalue weighted by Gasteiger charge is -2.03. The van der Waals surface area contributed by atoms with Gasteiger partial charge in [-0.3, -0.25) is 5.10 Å². The average Bonchev–Trinajstić information content (AvgIpc) is 2.48. The van der Waals surface area contributed by atoms with Crippen molar-refractivity contribution in [3.05, 3.63) is 10.6 Å². The van der Waals surface area contributed by atoms with Crippen LogP contribution >= 0.6 is 12.2 Å². The molecule has 0 bridgehead atoms. The van der Waals surface area contributed by atoms with Crippen LogP contribution in [0.5, 0.6) is 0 Å². The van der Waals surface area contributed by atoms with Gasteiger partial charge >= 0.3 is 0 Å². The predicted molar refractivity (Wildman–Crippen MR) is 49.8 cm³/mol. The maximum Gasteiger partial charge on any atom is 0.195 e. The molecule has 0 atom stereocenters. The number of aromatic nitrogens is 3. The van der Waals surface area contributed by atoms with Crippen LogP contribution in [0.4, 0.5) is 0 Å². The van der Waals surface area contributed by atoms with Crippen molar-refractivity contribution in [1.82, 2.24) is 14.8 Å². The smallest absolute Gasteiger partial charge is 0.195 e. The van der Waals surface area contributed by atoms with E-state index in [1.165, 1.54) is 0 Å². The average molecular weight is 203 g/mol. The second kappa shape index (κ2) is 5.11. The summed E-state index contributed by atoms with van der Waals surface area (Å²) in [5.74, 6) is 0.570. The molecule has 1 aromatic heterocycles. The summed E-state index contributed by atoms with van der Waals surface area (Å²) in [6, 6.07) is 0. The lowest BCUT2D eigenvalue weighted by atomic mass is 10.4. The van der Waals surface area contributed by atoms with Gasteiger partial charge in [-0.1, -0.05) is 0 Å². The third-order valence-electron chi connectivity index (χ3n) is 1.71. The van der Waals surface area contributed by atoms with Crippen molar-refractivity contribution < 1.29 is 9.84 Å². The zero-order valence-corrected chi connectivity index (χ0v) is 8.30. The molecule has 5 nitrogen and oxygen atoms in total. The van der Waals surface area contributed by atoms with Crippen molar-refractivity contribution in [1.29, 1.82) is 0 Å². The molecule has 0 saturated heterocycles. The number of methoxy groups -OCH3 is 1. The molecule has 0 saturated carbocycles. The summed E-state index contributed by atoms with van der Waals surface area (Å²) in [7, 11) is 1.65. The molecule has 1 rings (SSSR count). The van der Waals surface area contributed by atoms with Crippen molar-refractivity contribution in [3.8, 4) is 0 Å². The first kappa shape index (κ1) is 10.4. The van der Waals surface area contributed by atoms with Gasteiger partial charge in [0.05, 0.1) is 0 Å². The van der Waals surface area contributed by atoms with Gasteiger partial charge in [-0.15, -0.1) is 0 Å². The van der Waals surface area contributed by atoms with Gasteiger partial charge in [0.2, 0.25) is 0 Å². The lowest BCUT2D eigenvalue weighted by Crippen LogP contribution is -2.06. The summed E-state index contributed by atoms with van der Waals surface area (Å²) in [5.41, 5.74) is 0. The Kier molecular flexibility index (Phi) is 4.07. The monoisotopic (exact) mass is 203 g/mol. The SMILES string of the molecule is COCCCn1c(CO)n[nH]c1=S. The molecular weight excluding hydrogens is 190 g/mol. The van der Waals surface area contributed by atoms with Crippen LogP contribution in [0.3, 0.4) is 0 Å². The van der Waals surface area contributed by atoms with Crippen LogP contribution in [0.15, 0.2) is 0 Å². The fourth-order valence-electron chi connectivity index (χ4n) is 1.07. The molecule has 6 heteroatoms. The van der Waals surface area contributed by atoms with E-state index in [0.29, 0.717) is 17.2 Å². The van der Waals surface area contributed by atoms with E-state index in [1.807, 2.05) is 0 Å². The van der Waals surface area contributed by atoms with Gasteiger partial charge in [0.1, 0.15) is 6.61 Å². The minimum atomic E-state index is -0.0971. The number of rotatable bonds is 5. The maximum absolute atomic E-state index is 8.91. The highest BCUT2D eigenvalue weighted by atomic mass is 32.1. The first-order valence-electron chi connectivity index (χ1n) is 4.03. The molecule has 0 aromatic carbocycles. The second-order valence-corrected chi connectivity index (χ2v) is 2.99. The molecule has 0 spiro atoms. The van der Waals surface area contributed by atoms with Crippen molar-refractivity contribution in [3.63, 3.8) is 0 Å². The molecule has 0 aliphatic carbocycles. The van der Waals surface area contributed by atoms with E-state index in [-0.39, 0.29) is 6.61 Å². The van der Waals surface area contributed by atoms with Crippen molar-refractivity contribution in [2.75, 3.05) is 13.7 Å². The second-order valence-electron chi connectivity index (χ2n) is 2.60. The van der Waals surface area contributed by atoms with E-state index in [0.717, 1.165) is 13.0 Å². The maximum atomic E-state index is 8.91. The van der Waals surface area contributed by atoms with Crippen LogP contribution in [0.2, 0.25) is 0 Å². The van der Waals surface area contributed by atoms with E-state index in [2.05, 4.69) is 10.2 Å². The van der Waals surface area contributed by atoms with Crippen molar-refractivity contribution in [2.45, 2.75) is 19.6 Å². The molecular formula is C7H13N3O2S. The summed E-state index contributed by atoms with van der Waals surface area (Å²) in [5, 5.41) is 15.4. The highest BCUT2D eigenvalue weighted by Crippen LogP contribution is 1.99. The Bertz CT molecular complexity index is 307. The number of aromatic amines is 1. The van der Waals surface area contributed by atoms with Crippen LogP contribution < -0.4 is 0 Å². The molecule has 13 heavy (non-hydrogen) atoms. The van der Waals surface area contributed by atoms with E-state index < -0.39 is 0 Å². The number of nitrogens with zero attached hydrogens (tertiary/aromatic N) is 2. The number of H-pyrrole nitrogens is 1. The largest absolute Gasteiger partial charge is 0.388 e. The van der Waals surface area contributed by atoms with Gasteiger partial charge in [0.25, 0.3) is 0 Å². The topological polar surface area (TPSA) is 63.1 Å². The van der Waals surface area contributed by atoms with Gasteiger partial charge in [-0.05, 0) is 18.6 Å². The molecule has 2 N–H and O–H groups in total. The van der Waals surface area contributed by atoms with Gasteiger partial charge in [-0.2, -0.15) is 5.10 Å². The zero-order chi connectivity index (χ0) is 9.68. The summed E-state index contributed by atoms with van der Waals surface area (Å²) in [6.07, 6.45) is 0.858. The Labute approximate surface area is 81.3 Å². The standard InChI is InChI=1S/C7H13N3O2S/c1-12-4-2-3-10-6(5-11)8-9-7(10)13/h11H,2-5H2,1H3,(H,9,13). The Hall–Kier alpha value is -0.720. The quantitative estimate of drug-likeness (QED) is 0.539. The normalized spacial score (nSPS) is 10.6. The Morgan fingerprint density at radius 2 is 2.46 bits per heavy atom. The summed E-state index contributed by atoms with van der Waals surface area (Å²) in [4.78, 5) is 0. The van der Waals surface area contributed by atoms with Gasteiger partial charge in [0, 0.05) is 20.3 Å². The molecule has 0 fully saturated rings. The molecule has 0 aliphatic rings. The van der Waals surface area contributed by atoms with Gasteiger partial charge in [-0.25, -0.2) is 0 Å². The van der Waals surface area contributed by atoms with Crippen LogP contribution in [-0.2, 0) is 17.9 Å². The Balaban J connectivity index is 2.63. The minimum Gasteiger partial charge on any atom is -0.388 e. The highest BCUT2D eigenvalue weighted by Gasteiger charge is 2.03. The van der Waals surface area contributed by atoms with Gasteiger partial charge in [0.15, 0.2) is 10.6 Å². The molecule has 0 amide bonds. The third kappa shape index (κ3) is 2.61. The van der Waals surface area contributed by atoms with Gasteiger partial charge < -0.3 is 14.4 Å². The van der Waals surface area contributed by atoms with Crippen LogP contribution in [0.1, 0.15) is 12.2 Å². The van der Waals surface area contributed by atoms with Crippen LogP contribution in [0, 0.1) is 4.77 Å². The molecule has 0 aliphatic heterocycles. The minimum absolute atomic E-state index is 0.0971. The number of ether oxygens (including phenoxy) is 1. The number of hydrogen-bond donors (Lipinski definition) is 2. The predicted octanol–water partition coefficient (Wildman–Crippen LogP) is 0.469. The molecule has 0 radical (unpaired) electrons. The first-order valence-corrected chi connectivity index (χ1v) is 4.44. The highest BCUT2D eigenvalue weighted by molar-refractivity contribution is 7.71. The Morgan fingerprint density at radius 1 is 1.69 bits per heavy atom. The molecule has 1 heterocycles. The first-order chi connectivity index (χ1) is 6.29. The third-order valence-corrected chi connectivity index (χ3v) is 2.02. The fraction of sp³-hybridized carbons (Fsp3) is 0.714. The van der Waals surface area contributed by atoms with Crippen LogP contribution in [-0.4, -0.2) is 33.6 Å². The molecule has 1 aromatic rings. The fourth-order valence-corrected chi connectivity index (χ4v) is 1.31. The zero-order valence-electron chi connectivity index (χ0n) is 7.49. The lowest BCUT2D eigenvalue weighted by molar-refractivity contribution is 0.188. The summed E-state index contributed by atoms with van der Waals surface area (Å²) >= 11 is 4.98. The molecule has 0 unspecified atom stereocenters. The number of aliphatic hydroxyl groups excluding tert-OH is 1. The van der Waals surface area contributed by atoms with E-state index in [1.54, 1.807) is 11.7 Å². The molecule has 74 valence electrons. The van der Waals surface area contributed by atoms with Crippen molar-refractivity contribution >= 4 is 12.2 Å². The van der Waals surface area contributed by atoms with E-state index in [9.17, 15) is 0 Å².